The molecule has 180 valence electrons. The number of nitrogens with zero attached hydrogens (tertiary/aromatic N) is 3. The zero-order chi connectivity index (χ0) is 24.9. The first-order valence-corrected chi connectivity index (χ1v) is 11.5. The number of ether oxygens (including phenoxy) is 1. The molecule has 7 heteroatoms. The van der Waals surface area contributed by atoms with Crippen LogP contribution >= 0.6 is 0 Å². The van der Waals surface area contributed by atoms with Crippen LogP contribution in [-0.4, -0.2) is 32.5 Å². The van der Waals surface area contributed by atoms with Crippen LogP contribution in [0.4, 0.5) is 0 Å². The maximum Gasteiger partial charge on any atom is 0.243 e. The third-order valence-corrected chi connectivity index (χ3v) is 5.07. The molecule has 0 fully saturated rings. The zero-order valence-electron chi connectivity index (χ0n) is 20.5. The lowest BCUT2D eigenvalue weighted by Gasteiger charge is -2.13. The van der Waals surface area contributed by atoms with Crippen LogP contribution in [0.3, 0.4) is 0 Å². The number of carbonyl (C=O) groups is 2. The molecule has 3 aromatic rings. The first kappa shape index (κ1) is 26.5. The van der Waals surface area contributed by atoms with Gasteiger partial charge in [0.25, 0.3) is 0 Å². The van der Waals surface area contributed by atoms with Gasteiger partial charge < -0.3 is 10.1 Å². The van der Waals surface area contributed by atoms with Crippen LogP contribution in [-0.2, 0) is 11.3 Å². The van der Waals surface area contributed by atoms with E-state index in [9.17, 15) is 9.59 Å². The summed E-state index contributed by atoms with van der Waals surface area (Å²) in [5.74, 6) is 0.952. The fraction of sp³-hybridized carbons (Fsp3) is 0.333. The van der Waals surface area contributed by atoms with Crippen LogP contribution in [0.1, 0.15) is 61.6 Å². The molecule has 7 nitrogen and oxygen atoms in total. The predicted molar refractivity (Wildman–Crippen MR) is 134 cm³/mol. The molecule has 0 saturated heterocycles. The number of aromatic nitrogens is 3. The van der Waals surface area contributed by atoms with Crippen LogP contribution in [0, 0.1) is 6.92 Å². The van der Waals surface area contributed by atoms with Gasteiger partial charge in [0.2, 0.25) is 5.91 Å². The molecule has 0 radical (unpaired) electrons. The van der Waals surface area contributed by atoms with Crippen LogP contribution in [0.5, 0.6) is 11.5 Å². The SMILES string of the molecule is C=CC(=O)N[C@H](CC)CCC.CC(=O)c1cnc(C)cc1Oc1cnn(Cc2ccccc2)c1. The Morgan fingerprint density at radius 3 is 2.56 bits per heavy atom. The van der Waals surface area contributed by atoms with Crippen LogP contribution in [0.25, 0.3) is 0 Å². The summed E-state index contributed by atoms with van der Waals surface area (Å²) in [6.45, 7) is 11.6. The third-order valence-electron chi connectivity index (χ3n) is 5.07. The van der Waals surface area contributed by atoms with E-state index in [0.717, 1.165) is 30.5 Å². The normalized spacial score (nSPS) is 11.1. The maximum absolute atomic E-state index is 11.7. The summed E-state index contributed by atoms with van der Waals surface area (Å²) in [4.78, 5) is 26.6. The van der Waals surface area contributed by atoms with Gasteiger partial charge in [-0.25, -0.2) is 0 Å². The quantitative estimate of drug-likeness (QED) is 0.318. The number of ketones is 1. The average molecular weight is 463 g/mol. The number of amides is 1. The molecule has 0 aliphatic rings. The Morgan fingerprint density at radius 2 is 1.94 bits per heavy atom. The third kappa shape index (κ3) is 8.65. The summed E-state index contributed by atoms with van der Waals surface area (Å²) < 4.78 is 7.62. The molecule has 0 aliphatic carbocycles. The van der Waals surface area contributed by atoms with E-state index in [2.05, 4.69) is 35.8 Å². The molecule has 0 bridgehead atoms. The predicted octanol–water partition coefficient (Wildman–Crippen LogP) is 5.50. The standard InChI is InChI=1S/C18H17N3O2.C9H17NO/c1-13-8-18(17(10-19-13)14(2)22)23-16-9-20-21(12-16)11-15-6-4-3-5-7-15;1-4-7-8(5-2)10-9(11)6-3/h3-10,12H,11H2,1-2H3;6,8H,3-5,7H2,1-2H3,(H,10,11)/t;8-/m.1/s1. The number of nitrogens with one attached hydrogen (secondary N) is 1. The highest BCUT2D eigenvalue weighted by Crippen LogP contribution is 2.25. The number of Topliss-reactive ketones (excluding diaryl/α,β-unsaturated/α-hetero) is 1. The highest BCUT2D eigenvalue weighted by molar-refractivity contribution is 5.96. The fourth-order valence-corrected chi connectivity index (χ4v) is 3.25. The van der Waals surface area contributed by atoms with Crippen molar-refractivity contribution in [2.24, 2.45) is 0 Å². The smallest absolute Gasteiger partial charge is 0.243 e. The van der Waals surface area contributed by atoms with E-state index in [1.165, 1.54) is 13.0 Å². The summed E-state index contributed by atoms with van der Waals surface area (Å²) in [5.41, 5.74) is 2.42. The van der Waals surface area contributed by atoms with Crippen molar-refractivity contribution in [2.45, 2.75) is 59.5 Å². The first-order chi connectivity index (χ1) is 16.4. The molecular weight excluding hydrogens is 428 g/mol. The van der Waals surface area contributed by atoms with Gasteiger partial charge in [-0.15, -0.1) is 0 Å². The van der Waals surface area contributed by atoms with Crippen molar-refractivity contribution in [1.82, 2.24) is 20.1 Å². The Kier molecular flexibility index (Phi) is 10.7. The Bertz CT molecular complexity index is 1080. The minimum absolute atomic E-state index is 0.0645. The topological polar surface area (TPSA) is 86.1 Å². The van der Waals surface area contributed by atoms with Crippen molar-refractivity contribution in [1.29, 1.82) is 0 Å². The van der Waals surface area contributed by atoms with E-state index >= 15 is 0 Å². The van der Waals surface area contributed by atoms with E-state index in [-0.39, 0.29) is 11.7 Å². The number of hydrogen-bond donors (Lipinski definition) is 1. The summed E-state index contributed by atoms with van der Waals surface area (Å²) in [7, 11) is 0. The monoisotopic (exact) mass is 462 g/mol. The molecule has 1 aromatic carbocycles. The van der Waals surface area contributed by atoms with Crippen molar-refractivity contribution < 1.29 is 14.3 Å². The molecule has 1 amide bonds. The van der Waals surface area contributed by atoms with Crippen molar-refractivity contribution in [2.75, 3.05) is 0 Å². The van der Waals surface area contributed by atoms with Gasteiger partial charge in [0.1, 0.15) is 5.75 Å². The van der Waals surface area contributed by atoms with Gasteiger partial charge in [-0.05, 0) is 38.3 Å². The van der Waals surface area contributed by atoms with E-state index in [0.29, 0.717) is 29.6 Å². The maximum atomic E-state index is 11.7. The van der Waals surface area contributed by atoms with Crippen molar-refractivity contribution in [3.8, 4) is 11.5 Å². The van der Waals surface area contributed by atoms with Crippen LogP contribution in [0.15, 0.2) is 67.6 Å². The Hall–Kier alpha value is -3.74. The lowest BCUT2D eigenvalue weighted by atomic mass is 10.1. The average Bonchev–Trinajstić information content (AvgIpc) is 3.26. The highest BCUT2D eigenvalue weighted by Gasteiger charge is 2.12. The molecule has 0 aliphatic heterocycles. The molecule has 2 aromatic heterocycles. The van der Waals surface area contributed by atoms with Crippen molar-refractivity contribution in [3.05, 3.63) is 84.5 Å². The Labute approximate surface area is 201 Å². The fourth-order valence-electron chi connectivity index (χ4n) is 3.25. The molecule has 1 atom stereocenters. The Morgan fingerprint density at radius 1 is 1.21 bits per heavy atom. The second kappa shape index (κ2) is 13.7. The summed E-state index contributed by atoms with van der Waals surface area (Å²) in [5, 5.41) is 7.16. The van der Waals surface area contributed by atoms with E-state index in [1.54, 1.807) is 23.1 Å². The van der Waals surface area contributed by atoms with Gasteiger partial charge in [-0.3, -0.25) is 19.3 Å². The summed E-state index contributed by atoms with van der Waals surface area (Å²) in [6, 6.07) is 12.1. The van der Waals surface area contributed by atoms with Crippen molar-refractivity contribution >= 4 is 11.7 Å². The largest absolute Gasteiger partial charge is 0.453 e. The van der Waals surface area contributed by atoms with Gasteiger partial charge in [-0.2, -0.15) is 5.10 Å². The summed E-state index contributed by atoms with van der Waals surface area (Å²) in [6.07, 6.45) is 9.47. The molecular formula is C27H34N4O3. The molecule has 3 rings (SSSR count). The molecule has 1 N–H and O–H groups in total. The first-order valence-electron chi connectivity index (χ1n) is 11.5. The van der Waals surface area contributed by atoms with Gasteiger partial charge in [0.05, 0.1) is 24.5 Å². The molecule has 0 spiro atoms. The second-order valence-corrected chi connectivity index (χ2v) is 7.95. The van der Waals surface area contributed by atoms with Gasteiger partial charge in [-0.1, -0.05) is 57.2 Å². The van der Waals surface area contributed by atoms with Gasteiger partial charge >= 0.3 is 0 Å². The molecule has 0 unspecified atom stereocenters. The number of carbonyl (C=O) groups excluding carboxylic acids is 2. The Balaban J connectivity index is 0.000000316. The van der Waals surface area contributed by atoms with E-state index < -0.39 is 0 Å². The number of pyridine rings is 1. The van der Waals surface area contributed by atoms with Gasteiger partial charge in [0.15, 0.2) is 11.5 Å². The van der Waals surface area contributed by atoms with Crippen molar-refractivity contribution in [3.63, 3.8) is 0 Å². The number of hydrogen-bond acceptors (Lipinski definition) is 5. The lowest BCUT2D eigenvalue weighted by Crippen LogP contribution is -2.32. The minimum Gasteiger partial charge on any atom is -0.453 e. The van der Waals surface area contributed by atoms with Crippen LogP contribution < -0.4 is 10.1 Å². The molecule has 0 saturated carbocycles. The number of benzene rings is 1. The molecule has 2 heterocycles. The minimum atomic E-state index is -0.0795. The van der Waals surface area contributed by atoms with E-state index in [4.69, 9.17) is 4.74 Å². The summed E-state index contributed by atoms with van der Waals surface area (Å²) >= 11 is 0. The highest BCUT2D eigenvalue weighted by atomic mass is 16.5. The van der Waals surface area contributed by atoms with Crippen LogP contribution in [0.2, 0.25) is 0 Å². The lowest BCUT2D eigenvalue weighted by molar-refractivity contribution is -0.117. The second-order valence-electron chi connectivity index (χ2n) is 7.95. The zero-order valence-corrected chi connectivity index (χ0v) is 20.5. The number of rotatable bonds is 10. The van der Waals surface area contributed by atoms with Gasteiger partial charge in [0, 0.05) is 24.0 Å². The molecule has 34 heavy (non-hydrogen) atoms. The number of aryl methyl sites for hydroxylation is 1. The van der Waals surface area contributed by atoms with E-state index in [1.807, 2.05) is 43.5 Å².